The molecule has 7 heteroatoms. The fraction of sp³-hybridized carbons (Fsp3) is 0.250. The van der Waals surface area contributed by atoms with Crippen LogP contribution in [0.4, 0.5) is 10.8 Å². The molecule has 96 valence electrons. The fourth-order valence-corrected chi connectivity index (χ4v) is 3.33. The topological polar surface area (TPSA) is 72.9 Å². The van der Waals surface area contributed by atoms with Crippen LogP contribution in [0.3, 0.4) is 0 Å². The zero-order valence-corrected chi connectivity index (χ0v) is 11.0. The van der Waals surface area contributed by atoms with E-state index in [0.717, 1.165) is 46.5 Å². The van der Waals surface area contributed by atoms with E-state index in [1.807, 2.05) is 18.2 Å². The highest BCUT2D eigenvalue weighted by Gasteiger charge is 2.20. The Morgan fingerprint density at radius 1 is 1.26 bits per heavy atom. The Labute approximate surface area is 113 Å². The lowest BCUT2D eigenvalue weighted by Gasteiger charge is -2.26. The second-order valence-electron chi connectivity index (χ2n) is 4.59. The zero-order chi connectivity index (χ0) is 12.8. The molecule has 2 N–H and O–H groups in total. The summed E-state index contributed by atoms with van der Waals surface area (Å²) < 4.78 is 3.21. The molecule has 1 aliphatic rings. The van der Waals surface area contributed by atoms with E-state index in [1.165, 1.54) is 0 Å². The van der Waals surface area contributed by atoms with Gasteiger partial charge in [0.1, 0.15) is 6.33 Å². The molecule has 0 amide bonds. The number of benzene rings is 1. The molecule has 1 aromatic carbocycles. The van der Waals surface area contributed by atoms with Gasteiger partial charge in [-0.05, 0) is 18.2 Å². The molecule has 0 unspecified atom stereocenters. The van der Waals surface area contributed by atoms with Crippen LogP contribution in [0.2, 0.25) is 0 Å². The summed E-state index contributed by atoms with van der Waals surface area (Å²) in [5, 5.41) is 9.09. The third-order valence-corrected chi connectivity index (χ3v) is 4.39. The maximum Gasteiger partial charge on any atom is 0.186 e. The number of thiazole rings is 1. The molecule has 6 nitrogen and oxygen atoms in total. The highest BCUT2D eigenvalue weighted by atomic mass is 32.1. The molecule has 2 aromatic heterocycles. The molecule has 0 saturated carbocycles. The standard InChI is InChI=1S/C12H12N6S/c13-8-1-2-9-10(5-8)19-12(15-9)17-3-4-18-7-14-16-11(18)6-17/h1-2,5,7H,3-4,6,13H2. The number of hydrogen-bond acceptors (Lipinski definition) is 6. The average molecular weight is 272 g/mol. The predicted molar refractivity (Wildman–Crippen MR) is 75.1 cm³/mol. The third kappa shape index (κ3) is 1.74. The summed E-state index contributed by atoms with van der Waals surface area (Å²) in [5.74, 6) is 0.991. The van der Waals surface area contributed by atoms with Gasteiger partial charge in [0.15, 0.2) is 11.0 Å². The first-order chi connectivity index (χ1) is 9.29. The van der Waals surface area contributed by atoms with Gasteiger partial charge in [-0.1, -0.05) is 11.3 Å². The van der Waals surface area contributed by atoms with Gasteiger partial charge in [0.2, 0.25) is 0 Å². The van der Waals surface area contributed by atoms with Crippen LogP contribution in [0.5, 0.6) is 0 Å². The Kier molecular flexibility index (Phi) is 2.22. The van der Waals surface area contributed by atoms with Gasteiger partial charge in [0.25, 0.3) is 0 Å². The van der Waals surface area contributed by atoms with Crippen LogP contribution in [0.1, 0.15) is 5.82 Å². The number of anilines is 2. The van der Waals surface area contributed by atoms with Crippen molar-refractivity contribution >= 4 is 32.4 Å². The summed E-state index contributed by atoms with van der Waals surface area (Å²) >= 11 is 1.67. The molecule has 3 heterocycles. The minimum atomic E-state index is 0.759. The van der Waals surface area contributed by atoms with Crippen molar-refractivity contribution in [2.45, 2.75) is 13.1 Å². The number of nitrogens with two attached hydrogens (primary N) is 1. The fourth-order valence-electron chi connectivity index (χ4n) is 2.29. The molecule has 3 aromatic rings. The van der Waals surface area contributed by atoms with Crippen LogP contribution in [0, 0.1) is 0 Å². The van der Waals surface area contributed by atoms with Gasteiger partial charge < -0.3 is 15.2 Å². The Morgan fingerprint density at radius 2 is 2.21 bits per heavy atom. The van der Waals surface area contributed by atoms with Crippen molar-refractivity contribution in [3.8, 4) is 0 Å². The van der Waals surface area contributed by atoms with Crippen LogP contribution in [-0.4, -0.2) is 26.3 Å². The third-order valence-electron chi connectivity index (χ3n) is 3.31. The van der Waals surface area contributed by atoms with Gasteiger partial charge in [0, 0.05) is 18.8 Å². The minimum absolute atomic E-state index is 0.759. The van der Waals surface area contributed by atoms with E-state index in [9.17, 15) is 0 Å². The highest BCUT2D eigenvalue weighted by Crippen LogP contribution is 2.31. The Hall–Kier alpha value is -2.15. The molecule has 0 aliphatic carbocycles. The Bertz CT molecular complexity index is 746. The number of nitrogen functional groups attached to an aromatic ring is 1. The second-order valence-corrected chi connectivity index (χ2v) is 5.59. The van der Waals surface area contributed by atoms with Gasteiger partial charge >= 0.3 is 0 Å². The molecule has 0 radical (unpaired) electrons. The van der Waals surface area contributed by atoms with Crippen molar-refractivity contribution in [3.05, 3.63) is 30.4 Å². The molecule has 0 saturated heterocycles. The number of nitrogens with zero attached hydrogens (tertiary/aromatic N) is 5. The number of fused-ring (bicyclic) bond motifs is 2. The molecular formula is C12H12N6S. The lowest BCUT2D eigenvalue weighted by atomic mass is 10.3. The maximum atomic E-state index is 5.80. The molecule has 4 rings (SSSR count). The van der Waals surface area contributed by atoms with Crippen molar-refractivity contribution in [2.75, 3.05) is 17.2 Å². The second kappa shape index (κ2) is 3.92. The van der Waals surface area contributed by atoms with Crippen LogP contribution >= 0.6 is 11.3 Å². The lowest BCUT2D eigenvalue weighted by Crippen LogP contribution is -2.33. The number of rotatable bonds is 1. The van der Waals surface area contributed by atoms with Crippen LogP contribution in [0.25, 0.3) is 10.2 Å². The average Bonchev–Trinajstić information content (AvgIpc) is 3.02. The highest BCUT2D eigenvalue weighted by molar-refractivity contribution is 7.22. The van der Waals surface area contributed by atoms with Gasteiger partial charge in [-0.2, -0.15) is 0 Å². The van der Waals surface area contributed by atoms with Crippen molar-refractivity contribution < 1.29 is 0 Å². The van der Waals surface area contributed by atoms with Gasteiger partial charge in [-0.15, -0.1) is 10.2 Å². The molecule has 0 bridgehead atoms. The van der Waals surface area contributed by atoms with E-state index in [0.29, 0.717) is 0 Å². The molecular weight excluding hydrogens is 260 g/mol. The summed E-state index contributed by atoms with van der Waals surface area (Å²) in [6, 6.07) is 5.83. The Balaban J connectivity index is 1.71. The van der Waals surface area contributed by atoms with Crippen LogP contribution < -0.4 is 10.6 Å². The zero-order valence-electron chi connectivity index (χ0n) is 10.2. The quantitative estimate of drug-likeness (QED) is 0.679. The summed E-state index contributed by atoms with van der Waals surface area (Å²) in [4.78, 5) is 6.91. The van der Waals surface area contributed by atoms with E-state index in [1.54, 1.807) is 17.7 Å². The van der Waals surface area contributed by atoms with Crippen molar-refractivity contribution in [1.29, 1.82) is 0 Å². The number of aromatic nitrogens is 4. The molecule has 0 spiro atoms. The largest absolute Gasteiger partial charge is 0.399 e. The summed E-state index contributed by atoms with van der Waals surface area (Å²) in [6.07, 6.45) is 1.78. The van der Waals surface area contributed by atoms with Crippen molar-refractivity contribution in [3.63, 3.8) is 0 Å². The van der Waals surface area contributed by atoms with Crippen molar-refractivity contribution in [2.24, 2.45) is 0 Å². The van der Waals surface area contributed by atoms with Gasteiger partial charge in [0.05, 0.1) is 16.8 Å². The summed E-state index contributed by atoms with van der Waals surface area (Å²) in [5.41, 5.74) is 7.58. The summed E-state index contributed by atoms with van der Waals surface area (Å²) in [7, 11) is 0. The van der Waals surface area contributed by atoms with Crippen LogP contribution in [0.15, 0.2) is 24.5 Å². The van der Waals surface area contributed by atoms with Gasteiger partial charge in [-0.3, -0.25) is 0 Å². The smallest absolute Gasteiger partial charge is 0.186 e. The first-order valence-corrected chi connectivity index (χ1v) is 6.89. The van der Waals surface area contributed by atoms with E-state index in [2.05, 4.69) is 24.6 Å². The number of hydrogen-bond donors (Lipinski definition) is 1. The van der Waals surface area contributed by atoms with Gasteiger partial charge in [-0.25, -0.2) is 4.98 Å². The molecule has 19 heavy (non-hydrogen) atoms. The predicted octanol–water partition coefficient (Wildman–Crippen LogP) is 1.49. The lowest BCUT2D eigenvalue weighted by molar-refractivity contribution is 0.559. The van der Waals surface area contributed by atoms with Crippen LogP contribution in [-0.2, 0) is 13.1 Å². The molecule has 1 aliphatic heterocycles. The maximum absolute atomic E-state index is 5.80. The monoisotopic (exact) mass is 272 g/mol. The molecule has 0 atom stereocenters. The molecule has 0 fully saturated rings. The SMILES string of the molecule is Nc1ccc2nc(N3CCn4cnnc4C3)sc2c1. The van der Waals surface area contributed by atoms with Crippen molar-refractivity contribution in [1.82, 2.24) is 19.7 Å². The first-order valence-electron chi connectivity index (χ1n) is 6.07. The Morgan fingerprint density at radius 3 is 3.16 bits per heavy atom. The minimum Gasteiger partial charge on any atom is -0.399 e. The summed E-state index contributed by atoms with van der Waals surface area (Å²) in [6.45, 7) is 2.59. The van der Waals surface area contributed by atoms with E-state index >= 15 is 0 Å². The van der Waals surface area contributed by atoms with E-state index < -0.39 is 0 Å². The normalized spacial score (nSPS) is 14.8. The first kappa shape index (κ1) is 10.7. The van der Waals surface area contributed by atoms with E-state index in [4.69, 9.17) is 5.73 Å². The van der Waals surface area contributed by atoms with E-state index in [-0.39, 0.29) is 0 Å².